The Morgan fingerprint density at radius 2 is 1.07 bits per heavy atom. The zero-order valence-corrected chi connectivity index (χ0v) is 22.4. The van der Waals surface area contributed by atoms with Crippen molar-refractivity contribution in [3.63, 3.8) is 0 Å². The molecule has 210 valence electrons. The first-order chi connectivity index (χ1) is 19.5. The highest BCUT2D eigenvalue weighted by atomic mass is 16.5. The van der Waals surface area contributed by atoms with E-state index in [4.69, 9.17) is 9.47 Å². The number of ether oxygens (including phenoxy) is 2. The molecule has 3 rings (SSSR count). The van der Waals surface area contributed by atoms with E-state index in [1.807, 2.05) is 60.7 Å². The van der Waals surface area contributed by atoms with Crippen molar-refractivity contribution in [3.8, 4) is 11.5 Å². The SMILES string of the molecule is C=CCOc1cc(C(=O)N[C@H](CO)Cc2ccccc2)c(OCC=C)cc1C(=O)N[C@H](CO)Cc1ccccc1. The van der Waals surface area contributed by atoms with Gasteiger partial charge >= 0.3 is 0 Å². The van der Waals surface area contributed by atoms with Crippen LogP contribution in [-0.2, 0) is 12.8 Å². The van der Waals surface area contributed by atoms with Gasteiger partial charge < -0.3 is 30.3 Å². The minimum atomic E-state index is -0.550. The Morgan fingerprint density at radius 1 is 0.700 bits per heavy atom. The number of nitrogens with one attached hydrogen (secondary N) is 2. The minimum absolute atomic E-state index is 0.0922. The molecule has 0 saturated carbocycles. The lowest BCUT2D eigenvalue weighted by Gasteiger charge is -2.21. The van der Waals surface area contributed by atoms with E-state index in [-0.39, 0.29) is 49.1 Å². The average molecular weight is 545 g/mol. The molecule has 0 fully saturated rings. The van der Waals surface area contributed by atoms with E-state index in [0.717, 1.165) is 11.1 Å². The largest absolute Gasteiger partial charge is 0.489 e. The second-order valence-electron chi connectivity index (χ2n) is 9.13. The van der Waals surface area contributed by atoms with E-state index in [1.54, 1.807) is 0 Å². The second kappa shape index (κ2) is 15.9. The summed E-state index contributed by atoms with van der Waals surface area (Å²) in [5.74, 6) is -0.703. The third-order valence-electron chi connectivity index (χ3n) is 6.05. The van der Waals surface area contributed by atoms with Gasteiger partial charge in [0.1, 0.15) is 24.7 Å². The van der Waals surface area contributed by atoms with Crippen LogP contribution in [0.3, 0.4) is 0 Å². The number of hydrogen-bond acceptors (Lipinski definition) is 6. The summed E-state index contributed by atoms with van der Waals surface area (Å²) < 4.78 is 11.5. The van der Waals surface area contributed by atoms with E-state index in [2.05, 4.69) is 23.8 Å². The summed E-state index contributed by atoms with van der Waals surface area (Å²) in [5, 5.41) is 25.5. The summed E-state index contributed by atoms with van der Waals surface area (Å²) in [6, 6.07) is 20.8. The van der Waals surface area contributed by atoms with Crippen LogP contribution in [-0.4, -0.2) is 60.5 Å². The molecule has 4 N–H and O–H groups in total. The molecule has 40 heavy (non-hydrogen) atoms. The topological polar surface area (TPSA) is 117 Å². The molecular formula is C32H36N2O6. The molecule has 2 atom stereocenters. The quantitative estimate of drug-likeness (QED) is 0.205. The molecule has 8 heteroatoms. The van der Waals surface area contributed by atoms with Gasteiger partial charge in [0.15, 0.2) is 0 Å². The lowest BCUT2D eigenvalue weighted by molar-refractivity contribution is 0.0898. The van der Waals surface area contributed by atoms with Gasteiger partial charge in [0.05, 0.1) is 36.4 Å². The fourth-order valence-electron chi connectivity index (χ4n) is 4.10. The van der Waals surface area contributed by atoms with Crippen LogP contribution >= 0.6 is 0 Å². The molecule has 3 aromatic carbocycles. The van der Waals surface area contributed by atoms with Crippen molar-refractivity contribution in [2.45, 2.75) is 24.9 Å². The Kier molecular flexibility index (Phi) is 12.0. The average Bonchev–Trinajstić information content (AvgIpc) is 2.99. The van der Waals surface area contributed by atoms with E-state index in [9.17, 15) is 19.8 Å². The predicted molar refractivity (Wildman–Crippen MR) is 155 cm³/mol. The molecule has 3 aromatic rings. The Bertz CT molecular complexity index is 1160. The lowest BCUT2D eigenvalue weighted by Crippen LogP contribution is -2.40. The molecule has 8 nitrogen and oxygen atoms in total. The number of hydrogen-bond donors (Lipinski definition) is 4. The third-order valence-corrected chi connectivity index (χ3v) is 6.05. The van der Waals surface area contributed by atoms with Crippen LogP contribution in [0.15, 0.2) is 98.1 Å². The first-order valence-electron chi connectivity index (χ1n) is 13.1. The van der Waals surface area contributed by atoms with E-state index < -0.39 is 23.9 Å². The summed E-state index contributed by atoms with van der Waals surface area (Å²) in [6.07, 6.45) is 3.90. The van der Waals surface area contributed by atoms with Crippen molar-refractivity contribution in [1.82, 2.24) is 10.6 Å². The van der Waals surface area contributed by atoms with Crippen molar-refractivity contribution in [3.05, 3.63) is 120 Å². The van der Waals surface area contributed by atoms with Gasteiger partial charge in [-0.05, 0) is 36.1 Å². The minimum Gasteiger partial charge on any atom is -0.489 e. The Balaban J connectivity index is 1.90. The molecule has 0 radical (unpaired) electrons. The van der Waals surface area contributed by atoms with Crippen LogP contribution in [0.2, 0.25) is 0 Å². The summed E-state index contributed by atoms with van der Waals surface area (Å²) in [7, 11) is 0. The molecule has 0 heterocycles. The van der Waals surface area contributed by atoms with Crippen LogP contribution < -0.4 is 20.1 Å². The molecule has 0 unspecified atom stereocenters. The summed E-state index contributed by atoms with van der Waals surface area (Å²) in [6.45, 7) is 6.97. The van der Waals surface area contributed by atoms with Crippen LogP contribution in [0.25, 0.3) is 0 Å². The zero-order chi connectivity index (χ0) is 28.7. The monoisotopic (exact) mass is 544 g/mol. The zero-order valence-electron chi connectivity index (χ0n) is 22.4. The normalized spacial score (nSPS) is 12.1. The fourth-order valence-corrected chi connectivity index (χ4v) is 4.10. The molecule has 0 aliphatic rings. The van der Waals surface area contributed by atoms with Crippen LogP contribution in [0.1, 0.15) is 31.8 Å². The third kappa shape index (κ3) is 8.83. The molecule has 0 aliphatic heterocycles. The van der Waals surface area contributed by atoms with Crippen LogP contribution in [0.4, 0.5) is 0 Å². The molecule has 0 aromatic heterocycles. The molecule has 0 aliphatic carbocycles. The molecule has 0 saturated heterocycles. The summed E-state index contributed by atoms with van der Waals surface area (Å²) in [4.78, 5) is 26.8. The number of rotatable bonds is 16. The van der Waals surface area contributed by atoms with E-state index in [1.165, 1.54) is 24.3 Å². The fraction of sp³-hybridized carbons (Fsp3) is 0.250. The highest BCUT2D eigenvalue weighted by Crippen LogP contribution is 2.30. The number of benzene rings is 3. The van der Waals surface area contributed by atoms with Crippen molar-refractivity contribution in [1.29, 1.82) is 0 Å². The van der Waals surface area contributed by atoms with Crippen molar-refractivity contribution in [2.75, 3.05) is 26.4 Å². The van der Waals surface area contributed by atoms with Gasteiger partial charge in [-0.2, -0.15) is 0 Å². The van der Waals surface area contributed by atoms with Crippen molar-refractivity contribution in [2.24, 2.45) is 0 Å². The van der Waals surface area contributed by atoms with Crippen molar-refractivity contribution >= 4 is 11.8 Å². The molecule has 0 spiro atoms. The summed E-state index contributed by atoms with van der Waals surface area (Å²) in [5.41, 5.74) is 2.18. The standard InChI is InChI=1S/C32H36N2O6/c1-3-15-39-29-19-28(32(38)34-26(22-36)18-24-13-9-6-10-14-24)30(40-16-4-2)20-27(29)31(37)33-25(21-35)17-23-11-7-5-8-12-23/h3-14,19-20,25-26,35-36H,1-2,15-18,21-22H2,(H,33,37)(H,34,38)/t25-,26-/m0/s1. The number of carbonyl (C=O) groups excluding carboxylic acids is 2. The molecular weight excluding hydrogens is 508 g/mol. The number of aliphatic hydroxyl groups is 2. The first-order valence-corrected chi connectivity index (χ1v) is 13.1. The van der Waals surface area contributed by atoms with Crippen molar-refractivity contribution < 1.29 is 29.3 Å². The smallest absolute Gasteiger partial charge is 0.255 e. The number of amides is 2. The molecule has 2 amide bonds. The predicted octanol–water partition coefficient (Wildman–Crippen LogP) is 3.48. The van der Waals surface area contributed by atoms with Gasteiger partial charge in [-0.15, -0.1) is 0 Å². The highest BCUT2D eigenvalue weighted by molar-refractivity contribution is 6.02. The summed E-state index contributed by atoms with van der Waals surface area (Å²) >= 11 is 0. The second-order valence-corrected chi connectivity index (χ2v) is 9.13. The highest BCUT2D eigenvalue weighted by Gasteiger charge is 2.24. The number of aliphatic hydroxyl groups excluding tert-OH is 2. The Hall–Kier alpha value is -4.40. The van der Waals surface area contributed by atoms with Gasteiger partial charge in [0, 0.05) is 0 Å². The Labute approximate surface area is 235 Å². The van der Waals surface area contributed by atoms with E-state index >= 15 is 0 Å². The van der Waals surface area contributed by atoms with Gasteiger partial charge in [0.25, 0.3) is 11.8 Å². The molecule has 0 bridgehead atoms. The van der Waals surface area contributed by atoms with Gasteiger partial charge in [0.2, 0.25) is 0 Å². The maximum atomic E-state index is 13.4. The van der Waals surface area contributed by atoms with Gasteiger partial charge in [-0.25, -0.2) is 0 Å². The van der Waals surface area contributed by atoms with Gasteiger partial charge in [-0.1, -0.05) is 86.0 Å². The first kappa shape index (κ1) is 30.1. The van der Waals surface area contributed by atoms with E-state index in [0.29, 0.717) is 12.8 Å². The maximum Gasteiger partial charge on any atom is 0.255 e. The maximum absolute atomic E-state index is 13.4. The van der Waals surface area contributed by atoms with Gasteiger partial charge in [-0.3, -0.25) is 9.59 Å². The van der Waals surface area contributed by atoms with Crippen LogP contribution in [0, 0.1) is 0 Å². The lowest BCUT2D eigenvalue weighted by atomic mass is 10.0. The van der Waals surface area contributed by atoms with Crippen LogP contribution in [0.5, 0.6) is 11.5 Å². The Morgan fingerprint density at radius 3 is 1.40 bits per heavy atom. The number of carbonyl (C=O) groups is 2.